The number of para-hydroxylation sites is 1. The first kappa shape index (κ1) is 23.1. The molecular formula is C26H25N5O2S. The summed E-state index contributed by atoms with van der Waals surface area (Å²) >= 11 is 1.34. The minimum Gasteiger partial charge on any atom is -0.307 e. The predicted octanol–water partition coefficient (Wildman–Crippen LogP) is 5.59. The van der Waals surface area contributed by atoms with Crippen LogP contribution < -0.4 is 10.2 Å². The highest BCUT2D eigenvalue weighted by Gasteiger charge is 2.17. The van der Waals surface area contributed by atoms with E-state index in [9.17, 15) is 9.59 Å². The van der Waals surface area contributed by atoms with Crippen LogP contribution >= 0.6 is 11.3 Å². The number of aryl methyl sites for hydroxylation is 3. The number of aromatic nitrogens is 3. The van der Waals surface area contributed by atoms with E-state index in [0.717, 1.165) is 28.2 Å². The van der Waals surface area contributed by atoms with E-state index < -0.39 is 0 Å². The first-order valence-corrected chi connectivity index (χ1v) is 11.6. The van der Waals surface area contributed by atoms with Crippen molar-refractivity contribution < 1.29 is 9.59 Å². The van der Waals surface area contributed by atoms with Crippen molar-refractivity contribution in [3.8, 4) is 5.69 Å². The summed E-state index contributed by atoms with van der Waals surface area (Å²) in [6.07, 6.45) is 3.05. The highest BCUT2D eigenvalue weighted by atomic mass is 32.1. The average molecular weight is 472 g/mol. The Morgan fingerprint density at radius 1 is 1.03 bits per heavy atom. The van der Waals surface area contributed by atoms with Crippen LogP contribution in [0.5, 0.6) is 0 Å². The van der Waals surface area contributed by atoms with Crippen molar-refractivity contribution >= 4 is 45.9 Å². The van der Waals surface area contributed by atoms with E-state index in [2.05, 4.69) is 21.5 Å². The van der Waals surface area contributed by atoms with Gasteiger partial charge >= 0.3 is 0 Å². The fraction of sp³-hybridized carbons (Fsp3) is 0.154. The Labute approximate surface area is 202 Å². The molecule has 8 heteroatoms. The van der Waals surface area contributed by atoms with E-state index in [-0.39, 0.29) is 11.8 Å². The first-order chi connectivity index (χ1) is 16.3. The molecule has 34 heavy (non-hydrogen) atoms. The van der Waals surface area contributed by atoms with Crippen LogP contribution in [0.4, 0.5) is 16.6 Å². The fourth-order valence-electron chi connectivity index (χ4n) is 3.65. The minimum absolute atomic E-state index is 0.135. The molecule has 172 valence electrons. The summed E-state index contributed by atoms with van der Waals surface area (Å²) in [7, 11) is 0. The lowest BCUT2D eigenvalue weighted by Crippen LogP contribution is -2.22. The van der Waals surface area contributed by atoms with E-state index >= 15 is 0 Å². The summed E-state index contributed by atoms with van der Waals surface area (Å²) in [5.74, 6) is 0.151. The summed E-state index contributed by atoms with van der Waals surface area (Å²) in [6, 6.07) is 17.3. The molecule has 4 rings (SSSR count). The number of nitrogens with one attached hydrogen (secondary N) is 1. The van der Waals surface area contributed by atoms with Crippen LogP contribution in [0.2, 0.25) is 0 Å². The number of benzene rings is 2. The van der Waals surface area contributed by atoms with Crippen LogP contribution in [0.3, 0.4) is 0 Å². The number of rotatable bonds is 6. The lowest BCUT2D eigenvalue weighted by atomic mass is 10.1. The van der Waals surface area contributed by atoms with Gasteiger partial charge in [-0.1, -0.05) is 24.3 Å². The molecule has 0 aliphatic rings. The predicted molar refractivity (Wildman–Crippen MR) is 137 cm³/mol. The summed E-state index contributed by atoms with van der Waals surface area (Å²) < 4.78 is 1.73. The van der Waals surface area contributed by atoms with E-state index in [0.29, 0.717) is 16.6 Å². The molecule has 0 radical (unpaired) electrons. The molecule has 7 nitrogen and oxygen atoms in total. The van der Waals surface area contributed by atoms with Gasteiger partial charge in [0.05, 0.1) is 22.8 Å². The summed E-state index contributed by atoms with van der Waals surface area (Å²) in [5.41, 5.74) is 5.26. The molecule has 0 bridgehead atoms. The second-order valence-electron chi connectivity index (χ2n) is 8.00. The minimum atomic E-state index is -0.299. The number of thiazole rings is 1. The van der Waals surface area contributed by atoms with Crippen LogP contribution in [0.25, 0.3) is 11.8 Å². The Bertz CT molecular complexity index is 1350. The van der Waals surface area contributed by atoms with Crippen LogP contribution in [0.1, 0.15) is 29.4 Å². The topological polar surface area (TPSA) is 80.1 Å². The molecular weight excluding hydrogens is 446 g/mol. The standard InChI is InChI=1S/C26H25N5O2S/c1-17-12-18(2)14-23(13-17)31-24(15-19(3)29-31)28-25(33)11-10-21-16-34-26(27-21)30(20(4)32)22-8-6-5-7-9-22/h5-16H,1-4H3,(H,28,33)/b11-10+. The van der Waals surface area contributed by atoms with Crippen molar-refractivity contribution in [1.82, 2.24) is 14.8 Å². The molecule has 2 aromatic heterocycles. The van der Waals surface area contributed by atoms with Crippen LogP contribution in [-0.4, -0.2) is 26.6 Å². The molecule has 2 aromatic carbocycles. The van der Waals surface area contributed by atoms with Gasteiger partial charge < -0.3 is 5.32 Å². The molecule has 1 N–H and O–H groups in total. The Kier molecular flexibility index (Phi) is 6.70. The molecule has 2 heterocycles. The van der Waals surface area contributed by atoms with Gasteiger partial charge in [-0.25, -0.2) is 9.67 Å². The second-order valence-corrected chi connectivity index (χ2v) is 8.83. The van der Waals surface area contributed by atoms with Crippen molar-refractivity contribution in [3.63, 3.8) is 0 Å². The van der Waals surface area contributed by atoms with E-state index in [1.54, 1.807) is 15.7 Å². The highest BCUT2D eigenvalue weighted by molar-refractivity contribution is 7.14. The van der Waals surface area contributed by atoms with Crippen LogP contribution in [0, 0.1) is 20.8 Å². The fourth-order valence-corrected chi connectivity index (χ4v) is 4.50. The molecule has 4 aromatic rings. The van der Waals surface area contributed by atoms with E-state index in [1.807, 2.05) is 74.7 Å². The molecule has 0 saturated heterocycles. The monoisotopic (exact) mass is 471 g/mol. The van der Waals surface area contributed by atoms with Crippen molar-refractivity contribution in [2.45, 2.75) is 27.7 Å². The van der Waals surface area contributed by atoms with Crippen molar-refractivity contribution in [3.05, 3.63) is 88.6 Å². The third kappa shape index (κ3) is 5.29. The number of hydrogen-bond donors (Lipinski definition) is 1. The largest absolute Gasteiger partial charge is 0.307 e. The SMILES string of the molecule is CC(=O)N(c1ccccc1)c1nc(/C=C/C(=O)Nc2cc(C)nn2-c2cc(C)cc(C)c2)cs1. The number of hydrogen-bond acceptors (Lipinski definition) is 5. The number of anilines is 3. The Hall–Kier alpha value is -4.04. The van der Waals surface area contributed by atoms with Gasteiger partial charge in [-0.15, -0.1) is 11.3 Å². The normalized spacial score (nSPS) is 11.1. The zero-order valence-corrected chi connectivity index (χ0v) is 20.3. The molecule has 2 amide bonds. The molecule has 0 spiro atoms. The number of carbonyl (C=O) groups excluding carboxylic acids is 2. The molecule has 0 saturated carbocycles. The zero-order chi connectivity index (χ0) is 24.2. The second kappa shape index (κ2) is 9.84. The van der Waals surface area contributed by atoms with Crippen molar-refractivity contribution in [2.24, 2.45) is 0 Å². The third-order valence-corrected chi connectivity index (χ3v) is 5.81. The highest BCUT2D eigenvalue weighted by Crippen LogP contribution is 2.29. The van der Waals surface area contributed by atoms with Gasteiger partial charge in [0, 0.05) is 24.4 Å². The van der Waals surface area contributed by atoms with Gasteiger partial charge in [0.2, 0.25) is 11.8 Å². The maximum atomic E-state index is 12.7. The Morgan fingerprint density at radius 2 is 1.74 bits per heavy atom. The van der Waals surface area contributed by atoms with Crippen molar-refractivity contribution in [2.75, 3.05) is 10.2 Å². The summed E-state index contributed by atoms with van der Waals surface area (Å²) in [6.45, 7) is 7.44. The maximum Gasteiger partial charge on any atom is 0.249 e. The van der Waals surface area contributed by atoms with Crippen LogP contribution in [0.15, 0.2) is 66.1 Å². The number of amides is 2. The van der Waals surface area contributed by atoms with E-state index in [1.165, 1.54) is 24.3 Å². The van der Waals surface area contributed by atoms with Gasteiger partial charge in [-0.2, -0.15) is 5.10 Å². The molecule has 0 unspecified atom stereocenters. The van der Waals surface area contributed by atoms with Crippen LogP contribution in [-0.2, 0) is 9.59 Å². The van der Waals surface area contributed by atoms with Gasteiger partial charge in [0.1, 0.15) is 5.82 Å². The van der Waals surface area contributed by atoms with Gasteiger partial charge in [0.15, 0.2) is 5.13 Å². The summed E-state index contributed by atoms with van der Waals surface area (Å²) in [4.78, 5) is 30.9. The summed E-state index contributed by atoms with van der Waals surface area (Å²) in [5, 5.41) is 9.78. The maximum absolute atomic E-state index is 12.7. The Balaban J connectivity index is 1.51. The van der Waals surface area contributed by atoms with Gasteiger partial charge in [-0.3, -0.25) is 14.5 Å². The van der Waals surface area contributed by atoms with Gasteiger partial charge in [0.25, 0.3) is 0 Å². The van der Waals surface area contributed by atoms with Gasteiger partial charge in [-0.05, 0) is 62.2 Å². The quantitative estimate of drug-likeness (QED) is 0.372. The Morgan fingerprint density at radius 3 is 2.41 bits per heavy atom. The number of carbonyl (C=O) groups is 2. The smallest absolute Gasteiger partial charge is 0.249 e. The first-order valence-electron chi connectivity index (χ1n) is 10.8. The molecule has 0 aliphatic carbocycles. The molecule has 0 fully saturated rings. The molecule has 0 aliphatic heterocycles. The van der Waals surface area contributed by atoms with E-state index in [4.69, 9.17) is 0 Å². The lowest BCUT2D eigenvalue weighted by Gasteiger charge is -2.17. The zero-order valence-electron chi connectivity index (χ0n) is 19.4. The van der Waals surface area contributed by atoms with Crippen molar-refractivity contribution in [1.29, 1.82) is 0 Å². The lowest BCUT2D eigenvalue weighted by molar-refractivity contribution is -0.116. The molecule has 0 atom stereocenters. The third-order valence-electron chi connectivity index (χ3n) is 4.97. The average Bonchev–Trinajstić information content (AvgIpc) is 3.38. The number of nitrogens with zero attached hydrogens (tertiary/aromatic N) is 4.